The van der Waals surface area contributed by atoms with Crippen LogP contribution in [0.5, 0.6) is 5.75 Å². The first-order valence-corrected chi connectivity index (χ1v) is 10.5. The summed E-state index contributed by atoms with van der Waals surface area (Å²) < 4.78 is 46.4. The minimum Gasteiger partial charge on any atom is -0.497 e. The Bertz CT molecular complexity index is 1120. The van der Waals surface area contributed by atoms with E-state index in [1.54, 1.807) is 18.2 Å². The maximum absolute atomic E-state index is 14.2. The van der Waals surface area contributed by atoms with Crippen LogP contribution >= 0.6 is 0 Å². The number of ether oxygens (including phenoxy) is 1. The number of nitrogens with one attached hydrogen (secondary N) is 1. The fourth-order valence-electron chi connectivity index (χ4n) is 3.73. The first kappa shape index (κ1) is 19.5. The molecule has 0 spiro atoms. The van der Waals surface area contributed by atoms with Crippen LogP contribution in [0.15, 0.2) is 41.3 Å². The maximum atomic E-state index is 14.2. The normalized spacial score (nSPS) is 19.7. The van der Waals surface area contributed by atoms with Gasteiger partial charge < -0.3 is 4.74 Å². The Morgan fingerprint density at radius 2 is 1.86 bits per heavy atom. The van der Waals surface area contributed by atoms with E-state index in [-0.39, 0.29) is 37.1 Å². The lowest BCUT2D eigenvalue weighted by Gasteiger charge is -2.21. The van der Waals surface area contributed by atoms with Crippen LogP contribution in [0.2, 0.25) is 0 Å². The maximum Gasteiger partial charge on any atom is 0.246 e. The fraction of sp³-hybridized carbons (Fsp3) is 0.300. The van der Waals surface area contributed by atoms with Crippen molar-refractivity contribution >= 4 is 21.8 Å². The molecule has 7 nitrogen and oxygen atoms in total. The number of piperidine rings is 1. The lowest BCUT2D eigenvalue weighted by molar-refractivity contribution is -0.134. The molecular formula is C20H19FN2O5S. The molecule has 2 aromatic carbocycles. The van der Waals surface area contributed by atoms with Crippen molar-refractivity contribution < 1.29 is 27.1 Å². The topological polar surface area (TPSA) is 92.8 Å². The van der Waals surface area contributed by atoms with E-state index >= 15 is 0 Å². The molecule has 2 aliphatic rings. The minimum absolute atomic E-state index is 0.0788. The highest BCUT2D eigenvalue weighted by molar-refractivity contribution is 7.89. The minimum atomic E-state index is -4.07. The van der Waals surface area contributed by atoms with Crippen molar-refractivity contribution in [2.45, 2.75) is 36.7 Å². The predicted octanol–water partition coefficient (Wildman–Crippen LogP) is 2.06. The smallest absolute Gasteiger partial charge is 0.246 e. The number of carbonyl (C=O) groups excluding carboxylic acids is 2. The molecule has 152 valence electrons. The van der Waals surface area contributed by atoms with Crippen LogP contribution in [-0.4, -0.2) is 31.6 Å². The summed E-state index contributed by atoms with van der Waals surface area (Å²) in [6.07, 6.45) is 0.684. The first-order chi connectivity index (χ1) is 13.8. The van der Waals surface area contributed by atoms with E-state index in [1.165, 1.54) is 23.5 Å². The number of benzene rings is 2. The van der Waals surface area contributed by atoms with Gasteiger partial charge in [0.15, 0.2) is 0 Å². The average molecular weight is 418 g/mol. The van der Waals surface area contributed by atoms with E-state index in [0.29, 0.717) is 6.42 Å². The van der Waals surface area contributed by atoms with Gasteiger partial charge in [-0.2, -0.15) is 4.31 Å². The van der Waals surface area contributed by atoms with Crippen LogP contribution in [0.3, 0.4) is 0 Å². The third-order valence-electron chi connectivity index (χ3n) is 5.32. The average Bonchev–Trinajstić information content (AvgIpc) is 3.12. The summed E-state index contributed by atoms with van der Waals surface area (Å²) in [6, 6.07) is 8.96. The second-order valence-electron chi connectivity index (χ2n) is 7.10. The molecule has 2 amide bonds. The second kappa shape index (κ2) is 7.23. The van der Waals surface area contributed by atoms with Gasteiger partial charge in [-0.25, -0.2) is 12.8 Å². The Labute approximate surface area is 167 Å². The summed E-state index contributed by atoms with van der Waals surface area (Å²) in [5, 5.41) is 2.33. The number of hydrogen-bond donors (Lipinski definition) is 1. The fourth-order valence-corrected chi connectivity index (χ4v) is 5.20. The lowest BCUT2D eigenvalue weighted by atomic mass is 9.89. The number of imide groups is 1. The molecule has 1 unspecified atom stereocenters. The third kappa shape index (κ3) is 3.51. The molecule has 0 radical (unpaired) electrons. The van der Waals surface area contributed by atoms with E-state index < -0.39 is 26.7 Å². The van der Waals surface area contributed by atoms with Crippen LogP contribution in [0.4, 0.5) is 4.39 Å². The van der Waals surface area contributed by atoms with Crippen molar-refractivity contribution in [2.24, 2.45) is 0 Å². The van der Waals surface area contributed by atoms with Crippen molar-refractivity contribution in [1.82, 2.24) is 9.62 Å². The van der Waals surface area contributed by atoms with E-state index in [1.807, 2.05) is 0 Å². The Balaban J connectivity index is 1.61. The van der Waals surface area contributed by atoms with E-state index in [0.717, 1.165) is 22.8 Å². The van der Waals surface area contributed by atoms with Gasteiger partial charge >= 0.3 is 0 Å². The standard InChI is InChI=1S/C20H19FN2O5S/c1-28-15-4-6-17(21)18(9-15)29(26,27)23-10-13-3-2-12(8-14(13)11-23)16-5-7-19(24)22-20(16)25/h2-4,6,8-9,16H,5,7,10-11H2,1H3,(H,22,24,25). The van der Waals surface area contributed by atoms with E-state index in [2.05, 4.69) is 5.32 Å². The SMILES string of the molecule is COc1ccc(F)c(S(=O)(=O)N2Cc3ccc(C4CCC(=O)NC4=O)cc3C2)c1. The van der Waals surface area contributed by atoms with E-state index in [4.69, 9.17) is 4.74 Å². The Kier molecular flexibility index (Phi) is 4.87. The first-order valence-electron chi connectivity index (χ1n) is 9.08. The van der Waals surface area contributed by atoms with E-state index in [9.17, 15) is 22.4 Å². The highest BCUT2D eigenvalue weighted by Gasteiger charge is 2.34. The molecule has 4 rings (SSSR count). The number of nitrogens with zero attached hydrogens (tertiary/aromatic N) is 1. The molecular weight excluding hydrogens is 399 g/mol. The highest BCUT2D eigenvalue weighted by Crippen LogP contribution is 2.34. The Morgan fingerprint density at radius 3 is 2.59 bits per heavy atom. The van der Waals surface area contributed by atoms with Gasteiger partial charge in [0.05, 0.1) is 13.0 Å². The van der Waals surface area contributed by atoms with Crippen molar-refractivity contribution in [3.63, 3.8) is 0 Å². The van der Waals surface area contributed by atoms with Crippen molar-refractivity contribution in [1.29, 1.82) is 0 Å². The van der Waals surface area contributed by atoms with Crippen LogP contribution < -0.4 is 10.1 Å². The zero-order valence-corrected chi connectivity index (χ0v) is 16.5. The van der Waals surface area contributed by atoms with Crippen molar-refractivity contribution in [3.05, 3.63) is 58.9 Å². The number of fused-ring (bicyclic) bond motifs is 1. The van der Waals surface area contributed by atoms with Gasteiger partial charge in [0.2, 0.25) is 21.8 Å². The molecule has 2 heterocycles. The van der Waals surface area contributed by atoms with Crippen LogP contribution in [0.1, 0.15) is 35.4 Å². The monoisotopic (exact) mass is 418 g/mol. The number of halogens is 1. The van der Waals surface area contributed by atoms with Gasteiger partial charge in [0.1, 0.15) is 16.5 Å². The molecule has 2 aliphatic heterocycles. The molecule has 0 saturated carbocycles. The highest BCUT2D eigenvalue weighted by atomic mass is 32.2. The number of methoxy groups -OCH3 is 1. The van der Waals surface area contributed by atoms with Crippen LogP contribution in [0, 0.1) is 5.82 Å². The largest absolute Gasteiger partial charge is 0.497 e. The lowest BCUT2D eigenvalue weighted by Crippen LogP contribution is -2.39. The van der Waals surface area contributed by atoms with Crippen LogP contribution in [0.25, 0.3) is 0 Å². The molecule has 1 atom stereocenters. The van der Waals surface area contributed by atoms with Crippen molar-refractivity contribution in [2.75, 3.05) is 7.11 Å². The summed E-state index contributed by atoms with van der Waals surface area (Å²) in [5.74, 6) is -1.67. The van der Waals surface area contributed by atoms with Crippen molar-refractivity contribution in [3.8, 4) is 5.75 Å². The Morgan fingerprint density at radius 1 is 1.10 bits per heavy atom. The number of carbonyl (C=O) groups is 2. The molecule has 1 saturated heterocycles. The summed E-state index contributed by atoms with van der Waals surface area (Å²) in [4.78, 5) is 23.0. The molecule has 2 aromatic rings. The van der Waals surface area contributed by atoms with Gasteiger partial charge in [0, 0.05) is 25.6 Å². The summed E-state index contributed by atoms with van der Waals surface area (Å²) in [5.41, 5.74) is 2.30. The molecule has 1 N–H and O–H groups in total. The summed E-state index contributed by atoms with van der Waals surface area (Å²) >= 11 is 0. The number of rotatable bonds is 4. The molecule has 0 aromatic heterocycles. The molecule has 9 heteroatoms. The molecule has 0 aliphatic carbocycles. The molecule has 0 bridgehead atoms. The number of amides is 2. The molecule has 29 heavy (non-hydrogen) atoms. The summed E-state index contributed by atoms with van der Waals surface area (Å²) in [7, 11) is -2.69. The number of sulfonamides is 1. The zero-order chi connectivity index (χ0) is 20.8. The Hall–Kier alpha value is -2.78. The molecule has 1 fully saturated rings. The second-order valence-corrected chi connectivity index (χ2v) is 9.01. The van der Waals surface area contributed by atoms with Gasteiger partial charge in [0.25, 0.3) is 0 Å². The van der Waals surface area contributed by atoms with Gasteiger partial charge in [-0.3, -0.25) is 14.9 Å². The van der Waals surface area contributed by atoms with Gasteiger partial charge in [-0.05, 0) is 35.2 Å². The predicted molar refractivity (Wildman–Crippen MR) is 101 cm³/mol. The van der Waals surface area contributed by atoms with Gasteiger partial charge in [-0.15, -0.1) is 0 Å². The number of hydrogen-bond acceptors (Lipinski definition) is 5. The summed E-state index contributed by atoms with van der Waals surface area (Å²) in [6.45, 7) is 0.194. The van der Waals surface area contributed by atoms with Gasteiger partial charge in [-0.1, -0.05) is 18.2 Å². The quantitative estimate of drug-likeness (QED) is 0.768. The van der Waals surface area contributed by atoms with Crippen LogP contribution in [-0.2, 0) is 32.7 Å². The zero-order valence-electron chi connectivity index (χ0n) is 15.6. The third-order valence-corrected chi connectivity index (χ3v) is 7.13.